The molecule has 3 aromatic rings. The number of furan rings is 1. The molecule has 0 saturated heterocycles. The predicted molar refractivity (Wildman–Crippen MR) is 79.2 cm³/mol. The number of aromatic nitrogens is 2. The van der Waals surface area contributed by atoms with E-state index in [1.807, 2.05) is 36.4 Å². The van der Waals surface area contributed by atoms with Crippen molar-refractivity contribution >= 4 is 23.1 Å². The second-order valence-corrected chi connectivity index (χ2v) is 5.49. The van der Waals surface area contributed by atoms with Gasteiger partial charge in [0, 0.05) is 11.5 Å². The molecule has 1 saturated carbocycles. The van der Waals surface area contributed by atoms with E-state index in [2.05, 4.69) is 10.1 Å². The van der Waals surface area contributed by atoms with Crippen molar-refractivity contribution < 1.29 is 8.94 Å². The number of nitrogens with zero attached hydrogens (tertiary/aromatic N) is 2. The molecule has 0 aliphatic heterocycles. The summed E-state index contributed by atoms with van der Waals surface area (Å²) in [5, 5.41) is 5.04. The Hall–Kier alpha value is -2.40. The molecule has 1 aliphatic rings. The van der Waals surface area contributed by atoms with Crippen LogP contribution in [-0.2, 0) is 5.54 Å². The minimum Gasteiger partial charge on any atom is -0.457 e. The zero-order valence-corrected chi connectivity index (χ0v) is 11.5. The molecule has 1 aromatic carbocycles. The SMILES string of the molecule is NC1(c2noc(/C=C/c3cc4ccccc4o3)n2)CCC1. The minimum atomic E-state index is -0.394. The fraction of sp³-hybridized carbons (Fsp3) is 0.250. The van der Waals surface area contributed by atoms with Gasteiger partial charge >= 0.3 is 0 Å². The van der Waals surface area contributed by atoms with Crippen LogP contribution in [0.5, 0.6) is 0 Å². The highest BCUT2D eigenvalue weighted by molar-refractivity contribution is 5.81. The highest BCUT2D eigenvalue weighted by atomic mass is 16.5. The van der Waals surface area contributed by atoms with Crippen LogP contribution in [0.25, 0.3) is 23.1 Å². The lowest BCUT2D eigenvalue weighted by Gasteiger charge is -2.34. The first-order chi connectivity index (χ1) is 10.2. The Morgan fingerprint density at radius 3 is 2.81 bits per heavy atom. The Kier molecular flexibility index (Phi) is 2.68. The maximum Gasteiger partial charge on any atom is 0.250 e. The fourth-order valence-electron chi connectivity index (χ4n) is 2.52. The van der Waals surface area contributed by atoms with Crippen molar-refractivity contribution in [1.29, 1.82) is 0 Å². The zero-order chi connectivity index (χ0) is 14.3. The van der Waals surface area contributed by atoms with Gasteiger partial charge in [0.1, 0.15) is 11.3 Å². The van der Waals surface area contributed by atoms with Crippen LogP contribution in [0.3, 0.4) is 0 Å². The van der Waals surface area contributed by atoms with Gasteiger partial charge in [0.05, 0.1) is 5.54 Å². The van der Waals surface area contributed by atoms with Crippen LogP contribution in [-0.4, -0.2) is 10.1 Å². The van der Waals surface area contributed by atoms with Crippen molar-refractivity contribution in [1.82, 2.24) is 10.1 Å². The standard InChI is InChI=1S/C16H15N3O2/c17-16(8-3-9-16)15-18-14(21-19-15)7-6-12-10-11-4-1-2-5-13(11)20-12/h1-2,4-7,10H,3,8-9,17H2/b7-6+. The molecule has 0 radical (unpaired) electrons. The zero-order valence-electron chi connectivity index (χ0n) is 11.5. The van der Waals surface area contributed by atoms with Gasteiger partial charge in [0.25, 0.3) is 5.89 Å². The molecule has 2 N–H and O–H groups in total. The predicted octanol–water partition coefficient (Wildman–Crippen LogP) is 3.32. The van der Waals surface area contributed by atoms with Gasteiger partial charge in [0.2, 0.25) is 0 Å². The lowest BCUT2D eigenvalue weighted by molar-refractivity contribution is 0.229. The highest BCUT2D eigenvalue weighted by Gasteiger charge is 2.38. The molecule has 0 bridgehead atoms. The second kappa shape index (κ2) is 4.56. The van der Waals surface area contributed by atoms with Gasteiger partial charge in [-0.1, -0.05) is 23.4 Å². The summed E-state index contributed by atoms with van der Waals surface area (Å²) in [4.78, 5) is 4.34. The van der Waals surface area contributed by atoms with Crippen LogP contribution in [0.2, 0.25) is 0 Å². The largest absolute Gasteiger partial charge is 0.457 e. The third kappa shape index (κ3) is 2.15. The average Bonchev–Trinajstić information content (AvgIpc) is 3.09. The topological polar surface area (TPSA) is 78.1 Å². The molecule has 5 nitrogen and oxygen atoms in total. The molecule has 0 atom stereocenters. The van der Waals surface area contributed by atoms with Gasteiger partial charge in [-0.15, -0.1) is 0 Å². The summed E-state index contributed by atoms with van der Waals surface area (Å²) in [6.07, 6.45) is 6.52. The van der Waals surface area contributed by atoms with E-state index in [0.29, 0.717) is 11.7 Å². The molecule has 2 aromatic heterocycles. The van der Waals surface area contributed by atoms with Gasteiger partial charge in [-0.25, -0.2) is 0 Å². The Morgan fingerprint density at radius 1 is 1.19 bits per heavy atom. The summed E-state index contributed by atoms with van der Waals surface area (Å²) < 4.78 is 10.9. The Labute approximate surface area is 121 Å². The van der Waals surface area contributed by atoms with Crippen LogP contribution < -0.4 is 5.73 Å². The molecule has 0 unspecified atom stereocenters. The van der Waals surface area contributed by atoms with E-state index in [-0.39, 0.29) is 0 Å². The first-order valence-electron chi connectivity index (χ1n) is 7.03. The minimum absolute atomic E-state index is 0.394. The summed E-state index contributed by atoms with van der Waals surface area (Å²) >= 11 is 0. The van der Waals surface area contributed by atoms with Crippen LogP contribution in [0, 0.1) is 0 Å². The first-order valence-corrected chi connectivity index (χ1v) is 7.03. The summed E-state index contributed by atoms with van der Waals surface area (Å²) in [5.41, 5.74) is 6.63. The molecule has 106 valence electrons. The fourth-order valence-corrected chi connectivity index (χ4v) is 2.52. The molecular formula is C16H15N3O2. The first kappa shape index (κ1) is 12.3. The number of fused-ring (bicyclic) bond motifs is 1. The third-order valence-electron chi connectivity index (χ3n) is 3.97. The van der Waals surface area contributed by atoms with Crippen LogP contribution in [0.15, 0.2) is 39.3 Å². The number of rotatable bonds is 3. The average molecular weight is 281 g/mol. The molecular weight excluding hydrogens is 266 g/mol. The van der Waals surface area contributed by atoms with Crippen LogP contribution >= 0.6 is 0 Å². The summed E-state index contributed by atoms with van der Waals surface area (Å²) in [5.74, 6) is 1.79. The molecule has 2 heterocycles. The van der Waals surface area contributed by atoms with Crippen molar-refractivity contribution in [3.8, 4) is 0 Å². The van der Waals surface area contributed by atoms with E-state index >= 15 is 0 Å². The van der Waals surface area contributed by atoms with Gasteiger partial charge in [-0.2, -0.15) is 4.98 Å². The van der Waals surface area contributed by atoms with Crippen LogP contribution in [0.1, 0.15) is 36.7 Å². The van der Waals surface area contributed by atoms with Gasteiger partial charge < -0.3 is 14.7 Å². The van der Waals surface area contributed by atoms with Gasteiger partial charge in [-0.05, 0) is 37.5 Å². The second-order valence-electron chi connectivity index (χ2n) is 5.49. The molecule has 21 heavy (non-hydrogen) atoms. The smallest absolute Gasteiger partial charge is 0.250 e. The van der Waals surface area contributed by atoms with Crippen molar-refractivity contribution in [2.75, 3.05) is 0 Å². The van der Waals surface area contributed by atoms with Crippen molar-refractivity contribution in [3.63, 3.8) is 0 Å². The quantitative estimate of drug-likeness (QED) is 0.796. The lowest BCUT2D eigenvalue weighted by Crippen LogP contribution is -2.44. The van der Waals surface area contributed by atoms with Crippen molar-refractivity contribution in [3.05, 3.63) is 47.8 Å². The van der Waals surface area contributed by atoms with E-state index < -0.39 is 5.54 Å². The number of benzene rings is 1. The summed E-state index contributed by atoms with van der Waals surface area (Å²) in [6.45, 7) is 0. The van der Waals surface area contributed by atoms with E-state index in [9.17, 15) is 0 Å². The molecule has 0 spiro atoms. The summed E-state index contributed by atoms with van der Waals surface area (Å²) in [6, 6.07) is 9.85. The van der Waals surface area contributed by atoms with Crippen LogP contribution in [0.4, 0.5) is 0 Å². The number of hydrogen-bond acceptors (Lipinski definition) is 5. The molecule has 0 amide bonds. The Bertz CT molecular complexity index is 779. The Morgan fingerprint density at radius 2 is 2.05 bits per heavy atom. The molecule has 4 rings (SSSR count). The van der Waals surface area contributed by atoms with Crippen molar-refractivity contribution in [2.24, 2.45) is 5.73 Å². The summed E-state index contributed by atoms with van der Waals surface area (Å²) in [7, 11) is 0. The van der Waals surface area contributed by atoms with E-state index in [0.717, 1.165) is 36.0 Å². The monoisotopic (exact) mass is 281 g/mol. The highest BCUT2D eigenvalue weighted by Crippen LogP contribution is 2.36. The van der Waals surface area contributed by atoms with E-state index in [1.54, 1.807) is 6.08 Å². The number of hydrogen-bond donors (Lipinski definition) is 1. The third-order valence-corrected chi connectivity index (χ3v) is 3.97. The van der Waals surface area contributed by atoms with Gasteiger partial charge in [0.15, 0.2) is 5.82 Å². The molecule has 1 fully saturated rings. The van der Waals surface area contributed by atoms with E-state index in [4.69, 9.17) is 14.7 Å². The Balaban J connectivity index is 1.57. The normalized spacial score (nSPS) is 17.4. The maximum atomic E-state index is 6.17. The lowest BCUT2D eigenvalue weighted by atomic mass is 9.77. The van der Waals surface area contributed by atoms with Gasteiger partial charge in [-0.3, -0.25) is 0 Å². The van der Waals surface area contributed by atoms with E-state index in [1.165, 1.54) is 0 Å². The maximum absolute atomic E-state index is 6.17. The van der Waals surface area contributed by atoms with Crippen molar-refractivity contribution in [2.45, 2.75) is 24.8 Å². The number of nitrogens with two attached hydrogens (primary N) is 1. The number of para-hydroxylation sites is 1. The molecule has 5 heteroatoms. The molecule has 1 aliphatic carbocycles.